The molecule has 1 atom stereocenters. The highest BCUT2D eigenvalue weighted by atomic mass is 16.5. The molecular formula is C24H34O. The maximum Gasteiger partial charge on any atom is 0.127 e. The lowest BCUT2D eigenvalue weighted by Gasteiger charge is -2.15. The third-order valence-electron chi connectivity index (χ3n) is 5.12. The summed E-state index contributed by atoms with van der Waals surface area (Å²) in [4.78, 5) is 0. The predicted octanol–water partition coefficient (Wildman–Crippen LogP) is 7.29. The van der Waals surface area contributed by atoms with E-state index in [1.54, 1.807) is 0 Å². The lowest BCUT2D eigenvalue weighted by Crippen LogP contribution is -2.04. The SMILES string of the molecule is CCCCC(CC)CCCOc1ccccc1-c1ccc(CC)cc1. The second kappa shape index (κ2) is 11.0. The summed E-state index contributed by atoms with van der Waals surface area (Å²) in [6.45, 7) is 7.60. The predicted molar refractivity (Wildman–Crippen MR) is 109 cm³/mol. The molecule has 0 aromatic heterocycles. The molecule has 0 N–H and O–H groups in total. The van der Waals surface area contributed by atoms with E-state index in [9.17, 15) is 0 Å². The zero-order valence-electron chi connectivity index (χ0n) is 16.3. The minimum Gasteiger partial charge on any atom is -0.493 e. The molecule has 2 aromatic rings. The number of hydrogen-bond acceptors (Lipinski definition) is 1. The fourth-order valence-electron chi connectivity index (χ4n) is 3.35. The Labute approximate surface area is 154 Å². The van der Waals surface area contributed by atoms with Gasteiger partial charge >= 0.3 is 0 Å². The van der Waals surface area contributed by atoms with Crippen LogP contribution in [0.1, 0.15) is 64.9 Å². The summed E-state index contributed by atoms with van der Waals surface area (Å²) in [7, 11) is 0. The molecule has 2 aromatic carbocycles. The number of rotatable bonds is 11. The van der Waals surface area contributed by atoms with Gasteiger partial charge in [-0.25, -0.2) is 0 Å². The normalized spacial score (nSPS) is 12.1. The maximum atomic E-state index is 6.15. The fourth-order valence-corrected chi connectivity index (χ4v) is 3.35. The minimum absolute atomic E-state index is 0.812. The van der Waals surface area contributed by atoms with Crippen LogP contribution in [0.3, 0.4) is 0 Å². The highest BCUT2D eigenvalue weighted by Gasteiger charge is 2.08. The number of aryl methyl sites for hydroxylation is 1. The van der Waals surface area contributed by atoms with Crippen molar-refractivity contribution < 1.29 is 4.74 Å². The topological polar surface area (TPSA) is 9.23 Å². The second-order valence-electron chi connectivity index (χ2n) is 6.95. The summed E-state index contributed by atoms with van der Waals surface area (Å²) in [5.74, 6) is 1.87. The second-order valence-corrected chi connectivity index (χ2v) is 6.95. The summed E-state index contributed by atoms with van der Waals surface area (Å²) < 4.78 is 6.15. The van der Waals surface area contributed by atoms with Gasteiger partial charge in [0.15, 0.2) is 0 Å². The highest BCUT2D eigenvalue weighted by molar-refractivity contribution is 5.70. The first-order chi connectivity index (χ1) is 12.3. The summed E-state index contributed by atoms with van der Waals surface area (Å²) in [6.07, 6.45) is 8.82. The lowest BCUT2D eigenvalue weighted by atomic mass is 9.94. The van der Waals surface area contributed by atoms with E-state index in [0.717, 1.165) is 31.1 Å². The van der Waals surface area contributed by atoms with Crippen LogP contribution in [0.5, 0.6) is 5.75 Å². The Morgan fingerprint density at radius 3 is 2.24 bits per heavy atom. The Kier molecular flexibility index (Phi) is 8.59. The van der Waals surface area contributed by atoms with Crippen molar-refractivity contribution in [3.8, 4) is 16.9 Å². The van der Waals surface area contributed by atoms with Gasteiger partial charge in [-0.1, -0.05) is 88.9 Å². The maximum absolute atomic E-state index is 6.15. The van der Waals surface area contributed by atoms with Crippen LogP contribution in [0.2, 0.25) is 0 Å². The molecule has 136 valence electrons. The van der Waals surface area contributed by atoms with Gasteiger partial charge in [0.25, 0.3) is 0 Å². The molecule has 0 heterocycles. The van der Waals surface area contributed by atoms with Gasteiger partial charge in [0, 0.05) is 5.56 Å². The zero-order chi connectivity index (χ0) is 17.9. The van der Waals surface area contributed by atoms with Gasteiger partial charge in [0.05, 0.1) is 6.61 Å². The summed E-state index contributed by atoms with van der Waals surface area (Å²) in [5, 5.41) is 0. The van der Waals surface area contributed by atoms with Crippen LogP contribution in [0.15, 0.2) is 48.5 Å². The molecule has 0 aliphatic carbocycles. The molecule has 1 nitrogen and oxygen atoms in total. The van der Waals surface area contributed by atoms with Crippen LogP contribution in [0, 0.1) is 5.92 Å². The number of ether oxygens (including phenoxy) is 1. The molecule has 1 heteroatoms. The van der Waals surface area contributed by atoms with E-state index in [-0.39, 0.29) is 0 Å². The van der Waals surface area contributed by atoms with Crippen molar-refractivity contribution in [2.75, 3.05) is 6.61 Å². The number of unbranched alkanes of at least 4 members (excludes halogenated alkanes) is 1. The van der Waals surface area contributed by atoms with Crippen molar-refractivity contribution in [2.24, 2.45) is 5.92 Å². The highest BCUT2D eigenvalue weighted by Crippen LogP contribution is 2.30. The molecular weight excluding hydrogens is 304 g/mol. The molecule has 0 bridgehead atoms. The average Bonchev–Trinajstić information content (AvgIpc) is 2.68. The lowest BCUT2D eigenvalue weighted by molar-refractivity contribution is 0.286. The van der Waals surface area contributed by atoms with Crippen molar-refractivity contribution in [1.82, 2.24) is 0 Å². The van der Waals surface area contributed by atoms with Crippen molar-refractivity contribution in [3.63, 3.8) is 0 Å². The van der Waals surface area contributed by atoms with E-state index in [4.69, 9.17) is 4.74 Å². The quantitative estimate of drug-likeness (QED) is 0.391. The molecule has 0 aliphatic rings. The Morgan fingerprint density at radius 1 is 0.840 bits per heavy atom. The Morgan fingerprint density at radius 2 is 1.56 bits per heavy atom. The van der Waals surface area contributed by atoms with Gasteiger partial charge in [-0.05, 0) is 42.4 Å². The van der Waals surface area contributed by atoms with Gasteiger partial charge in [-0.3, -0.25) is 0 Å². The van der Waals surface area contributed by atoms with Crippen molar-refractivity contribution >= 4 is 0 Å². The zero-order valence-corrected chi connectivity index (χ0v) is 16.3. The first-order valence-electron chi connectivity index (χ1n) is 10.1. The minimum atomic E-state index is 0.812. The van der Waals surface area contributed by atoms with Crippen molar-refractivity contribution in [1.29, 1.82) is 0 Å². The van der Waals surface area contributed by atoms with Crippen LogP contribution in [-0.4, -0.2) is 6.61 Å². The van der Waals surface area contributed by atoms with Crippen LogP contribution in [0.4, 0.5) is 0 Å². The Balaban J connectivity index is 1.92. The largest absolute Gasteiger partial charge is 0.493 e. The van der Waals surface area contributed by atoms with Crippen molar-refractivity contribution in [3.05, 3.63) is 54.1 Å². The Bertz CT molecular complexity index is 600. The van der Waals surface area contributed by atoms with Crippen LogP contribution >= 0.6 is 0 Å². The van der Waals surface area contributed by atoms with Gasteiger partial charge < -0.3 is 4.74 Å². The van der Waals surface area contributed by atoms with Crippen LogP contribution < -0.4 is 4.74 Å². The van der Waals surface area contributed by atoms with Gasteiger partial charge in [0.2, 0.25) is 0 Å². The first-order valence-corrected chi connectivity index (χ1v) is 10.1. The molecule has 25 heavy (non-hydrogen) atoms. The number of para-hydroxylation sites is 1. The van der Waals surface area contributed by atoms with Gasteiger partial charge in [0.1, 0.15) is 5.75 Å². The van der Waals surface area contributed by atoms with E-state index >= 15 is 0 Å². The monoisotopic (exact) mass is 338 g/mol. The van der Waals surface area contributed by atoms with E-state index in [1.165, 1.54) is 48.8 Å². The van der Waals surface area contributed by atoms with E-state index in [2.05, 4.69) is 69.3 Å². The standard InChI is InChI=1S/C24H34O/c1-4-7-11-20(5-2)12-10-19-25-24-14-9-8-13-23(24)22-17-15-21(6-3)16-18-22/h8-9,13-18,20H,4-7,10-12,19H2,1-3H3. The third kappa shape index (κ3) is 6.23. The molecule has 0 saturated heterocycles. The van der Waals surface area contributed by atoms with Crippen molar-refractivity contribution in [2.45, 2.75) is 65.7 Å². The smallest absolute Gasteiger partial charge is 0.127 e. The van der Waals surface area contributed by atoms with E-state index in [1.807, 2.05) is 0 Å². The first kappa shape index (κ1) is 19.6. The molecule has 2 rings (SSSR count). The molecule has 1 unspecified atom stereocenters. The van der Waals surface area contributed by atoms with Crippen LogP contribution in [-0.2, 0) is 6.42 Å². The third-order valence-corrected chi connectivity index (χ3v) is 5.12. The summed E-state index contributed by atoms with van der Waals surface area (Å²) in [5.41, 5.74) is 3.81. The van der Waals surface area contributed by atoms with Crippen LogP contribution in [0.25, 0.3) is 11.1 Å². The van der Waals surface area contributed by atoms with Gasteiger partial charge in [-0.2, -0.15) is 0 Å². The Hall–Kier alpha value is -1.76. The molecule has 0 saturated carbocycles. The average molecular weight is 339 g/mol. The molecule has 0 aliphatic heterocycles. The number of hydrogen-bond donors (Lipinski definition) is 0. The molecule has 0 spiro atoms. The fraction of sp³-hybridized carbons (Fsp3) is 0.500. The number of benzene rings is 2. The summed E-state index contributed by atoms with van der Waals surface area (Å²) in [6, 6.07) is 17.3. The molecule has 0 fully saturated rings. The summed E-state index contributed by atoms with van der Waals surface area (Å²) >= 11 is 0. The van der Waals surface area contributed by atoms with E-state index in [0.29, 0.717) is 0 Å². The molecule has 0 amide bonds. The van der Waals surface area contributed by atoms with Gasteiger partial charge in [-0.15, -0.1) is 0 Å². The van der Waals surface area contributed by atoms with E-state index < -0.39 is 0 Å². The molecule has 0 radical (unpaired) electrons.